The molecule has 0 amide bonds. The van der Waals surface area contributed by atoms with Gasteiger partial charge < -0.3 is 14.6 Å². The van der Waals surface area contributed by atoms with E-state index in [-0.39, 0.29) is 6.61 Å². The zero-order valence-corrected chi connectivity index (χ0v) is 10.6. The van der Waals surface area contributed by atoms with Gasteiger partial charge in [0.25, 0.3) is 0 Å². The highest BCUT2D eigenvalue weighted by molar-refractivity contribution is 7.09. The molecule has 18 heavy (non-hydrogen) atoms. The first-order valence-electron chi connectivity index (χ1n) is 5.82. The van der Waals surface area contributed by atoms with Crippen molar-refractivity contribution in [2.45, 2.75) is 13.0 Å². The molecule has 0 atom stereocenters. The number of aliphatic hydroxyl groups excluding tert-OH is 1. The topological polar surface area (TPSA) is 51.6 Å². The fourth-order valence-corrected chi connectivity index (χ4v) is 2.50. The smallest absolute Gasteiger partial charge is 0.161 e. The molecule has 1 aliphatic rings. The zero-order valence-electron chi connectivity index (χ0n) is 9.76. The third-order valence-corrected chi connectivity index (χ3v) is 3.56. The molecule has 0 bridgehead atoms. The first-order valence-corrected chi connectivity index (χ1v) is 6.70. The van der Waals surface area contributed by atoms with E-state index in [4.69, 9.17) is 14.6 Å². The summed E-state index contributed by atoms with van der Waals surface area (Å²) in [6.07, 6.45) is 0.898. The highest BCUT2D eigenvalue weighted by Gasteiger charge is 2.12. The summed E-state index contributed by atoms with van der Waals surface area (Å²) in [5.74, 6) is 1.55. The van der Waals surface area contributed by atoms with Crippen LogP contribution in [0.5, 0.6) is 11.5 Å². The van der Waals surface area contributed by atoms with E-state index in [1.165, 1.54) is 11.3 Å². The van der Waals surface area contributed by atoms with Crippen molar-refractivity contribution in [3.63, 3.8) is 0 Å². The highest BCUT2D eigenvalue weighted by atomic mass is 32.1. The Balaban J connectivity index is 1.95. The molecule has 0 saturated heterocycles. The van der Waals surface area contributed by atoms with Gasteiger partial charge in [0.05, 0.1) is 25.5 Å². The minimum Gasteiger partial charge on any atom is -0.490 e. The maximum absolute atomic E-state index is 9.03. The van der Waals surface area contributed by atoms with Gasteiger partial charge >= 0.3 is 0 Å². The lowest BCUT2D eigenvalue weighted by molar-refractivity contribution is 0.281. The number of fused-ring (bicyclic) bond motifs is 1. The molecule has 2 aromatic rings. The lowest BCUT2D eigenvalue weighted by Gasteiger charge is -2.08. The van der Waals surface area contributed by atoms with Crippen LogP contribution in [0.15, 0.2) is 23.6 Å². The monoisotopic (exact) mass is 263 g/mol. The van der Waals surface area contributed by atoms with Crippen molar-refractivity contribution in [3.05, 3.63) is 28.6 Å². The molecule has 0 unspecified atom stereocenters. The average Bonchev–Trinajstić information content (AvgIpc) is 2.76. The molecule has 0 aliphatic carbocycles. The molecule has 94 valence electrons. The summed E-state index contributed by atoms with van der Waals surface area (Å²) in [7, 11) is 0. The first kappa shape index (κ1) is 11.5. The number of ether oxygens (including phenoxy) is 2. The molecule has 1 N–H and O–H groups in total. The Labute approximate surface area is 109 Å². The van der Waals surface area contributed by atoms with E-state index in [0.717, 1.165) is 34.2 Å². The van der Waals surface area contributed by atoms with E-state index in [1.807, 2.05) is 23.6 Å². The SMILES string of the molecule is OCc1nc(-c2ccc3c(c2)OCCCO3)cs1. The predicted molar refractivity (Wildman–Crippen MR) is 69.1 cm³/mol. The number of hydrogen-bond acceptors (Lipinski definition) is 5. The number of nitrogens with zero attached hydrogens (tertiary/aromatic N) is 1. The molecule has 0 spiro atoms. The maximum atomic E-state index is 9.03. The Morgan fingerprint density at radius 1 is 1.22 bits per heavy atom. The normalized spacial score (nSPS) is 14.3. The summed E-state index contributed by atoms with van der Waals surface area (Å²) in [6.45, 7) is 1.35. The number of aliphatic hydroxyl groups is 1. The molecule has 1 aromatic heterocycles. The number of aromatic nitrogens is 1. The second-order valence-corrected chi connectivity index (χ2v) is 4.94. The Hall–Kier alpha value is -1.59. The maximum Gasteiger partial charge on any atom is 0.161 e. The summed E-state index contributed by atoms with van der Waals surface area (Å²) in [6, 6.07) is 5.81. The van der Waals surface area contributed by atoms with Crippen LogP contribution in [-0.4, -0.2) is 23.3 Å². The molecule has 0 fully saturated rings. The van der Waals surface area contributed by atoms with Crippen LogP contribution in [0, 0.1) is 0 Å². The minimum absolute atomic E-state index is 0.0186. The van der Waals surface area contributed by atoms with E-state index < -0.39 is 0 Å². The van der Waals surface area contributed by atoms with Crippen LogP contribution >= 0.6 is 11.3 Å². The molecular formula is C13H13NO3S. The molecule has 2 heterocycles. The van der Waals surface area contributed by atoms with E-state index in [2.05, 4.69) is 4.98 Å². The van der Waals surface area contributed by atoms with Gasteiger partial charge in [0.15, 0.2) is 11.5 Å². The predicted octanol–water partition coefficient (Wildman–Crippen LogP) is 2.46. The second kappa shape index (κ2) is 4.96. The van der Waals surface area contributed by atoms with Gasteiger partial charge in [-0.25, -0.2) is 4.98 Å². The van der Waals surface area contributed by atoms with Crippen molar-refractivity contribution in [1.29, 1.82) is 0 Å². The van der Waals surface area contributed by atoms with E-state index >= 15 is 0 Å². The third-order valence-electron chi connectivity index (χ3n) is 2.73. The average molecular weight is 263 g/mol. The van der Waals surface area contributed by atoms with Gasteiger partial charge in [-0.15, -0.1) is 11.3 Å². The number of rotatable bonds is 2. The van der Waals surface area contributed by atoms with Crippen LogP contribution in [0.25, 0.3) is 11.3 Å². The molecule has 0 saturated carbocycles. The van der Waals surface area contributed by atoms with Crippen LogP contribution < -0.4 is 9.47 Å². The van der Waals surface area contributed by atoms with Gasteiger partial charge in [0, 0.05) is 17.4 Å². The van der Waals surface area contributed by atoms with E-state index in [0.29, 0.717) is 13.2 Å². The third kappa shape index (κ3) is 2.19. The van der Waals surface area contributed by atoms with Crippen LogP contribution in [0.2, 0.25) is 0 Å². The standard InChI is InChI=1S/C13H13NO3S/c15-7-13-14-10(8-18-13)9-2-3-11-12(6-9)17-5-1-4-16-11/h2-3,6,8,15H,1,4-5,7H2. The second-order valence-electron chi connectivity index (χ2n) is 4.00. The molecule has 1 aliphatic heterocycles. The van der Waals surface area contributed by atoms with Crippen molar-refractivity contribution < 1.29 is 14.6 Å². The Bertz CT molecular complexity index is 553. The summed E-state index contributed by atoms with van der Waals surface area (Å²) in [5.41, 5.74) is 1.84. The summed E-state index contributed by atoms with van der Waals surface area (Å²) in [5, 5.41) is 11.7. The largest absolute Gasteiger partial charge is 0.490 e. The lowest BCUT2D eigenvalue weighted by atomic mass is 10.1. The van der Waals surface area contributed by atoms with Crippen molar-refractivity contribution in [2.75, 3.05) is 13.2 Å². The molecule has 4 nitrogen and oxygen atoms in total. The summed E-state index contributed by atoms with van der Waals surface area (Å²) in [4.78, 5) is 4.34. The van der Waals surface area contributed by atoms with E-state index in [9.17, 15) is 0 Å². The van der Waals surface area contributed by atoms with Gasteiger partial charge in [0.1, 0.15) is 5.01 Å². The van der Waals surface area contributed by atoms with Gasteiger partial charge in [-0.2, -0.15) is 0 Å². The number of hydrogen-bond donors (Lipinski definition) is 1. The van der Waals surface area contributed by atoms with Gasteiger partial charge in [-0.05, 0) is 18.2 Å². The van der Waals surface area contributed by atoms with Crippen molar-refractivity contribution in [2.24, 2.45) is 0 Å². The number of thiazole rings is 1. The quantitative estimate of drug-likeness (QED) is 0.904. The first-order chi connectivity index (χ1) is 8.86. The summed E-state index contributed by atoms with van der Waals surface area (Å²) < 4.78 is 11.2. The number of benzene rings is 1. The Morgan fingerprint density at radius 2 is 2.06 bits per heavy atom. The van der Waals surface area contributed by atoms with Gasteiger partial charge in [-0.1, -0.05) is 0 Å². The Morgan fingerprint density at radius 3 is 2.83 bits per heavy atom. The van der Waals surface area contributed by atoms with E-state index in [1.54, 1.807) is 0 Å². The van der Waals surface area contributed by atoms with Gasteiger partial charge in [-0.3, -0.25) is 0 Å². The zero-order chi connectivity index (χ0) is 12.4. The van der Waals surface area contributed by atoms with Crippen LogP contribution in [0.1, 0.15) is 11.4 Å². The van der Waals surface area contributed by atoms with Crippen LogP contribution in [0.4, 0.5) is 0 Å². The van der Waals surface area contributed by atoms with Crippen molar-refractivity contribution in [1.82, 2.24) is 4.98 Å². The molecule has 5 heteroatoms. The Kier molecular flexibility index (Phi) is 3.17. The van der Waals surface area contributed by atoms with Gasteiger partial charge in [0.2, 0.25) is 0 Å². The fourth-order valence-electron chi connectivity index (χ4n) is 1.84. The van der Waals surface area contributed by atoms with Crippen LogP contribution in [0.3, 0.4) is 0 Å². The molecule has 0 radical (unpaired) electrons. The highest BCUT2D eigenvalue weighted by Crippen LogP contribution is 2.34. The lowest BCUT2D eigenvalue weighted by Crippen LogP contribution is -1.97. The molecular weight excluding hydrogens is 250 g/mol. The van der Waals surface area contributed by atoms with Crippen molar-refractivity contribution >= 4 is 11.3 Å². The van der Waals surface area contributed by atoms with Crippen molar-refractivity contribution in [3.8, 4) is 22.8 Å². The fraction of sp³-hybridized carbons (Fsp3) is 0.308. The molecule has 3 rings (SSSR count). The van der Waals surface area contributed by atoms with Crippen LogP contribution in [-0.2, 0) is 6.61 Å². The summed E-state index contributed by atoms with van der Waals surface area (Å²) >= 11 is 1.45. The molecule has 1 aromatic carbocycles. The minimum atomic E-state index is -0.0186.